The molecule has 15 heavy (non-hydrogen) atoms. The zero-order chi connectivity index (χ0) is 11.6. The molecule has 0 aliphatic carbocycles. The van der Waals surface area contributed by atoms with E-state index in [9.17, 15) is 13.2 Å². The van der Waals surface area contributed by atoms with E-state index >= 15 is 0 Å². The van der Waals surface area contributed by atoms with Gasteiger partial charge in [0.15, 0.2) is 0 Å². The van der Waals surface area contributed by atoms with Crippen molar-refractivity contribution in [3.05, 3.63) is 29.3 Å². The molecule has 6 heteroatoms. The van der Waals surface area contributed by atoms with Crippen LogP contribution in [-0.2, 0) is 10.9 Å². The summed E-state index contributed by atoms with van der Waals surface area (Å²) >= 11 is 0. The summed E-state index contributed by atoms with van der Waals surface area (Å²) in [6.45, 7) is 0. The van der Waals surface area contributed by atoms with Gasteiger partial charge in [0, 0.05) is 5.56 Å². The Morgan fingerprint density at radius 2 is 2.00 bits per heavy atom. The average molecular weight is 219 g/mol. The zero-order valence-corrected chi connectivity index (χ0v) is 7.72. The first-order chi connectivity index (χ1) is 6.86. The van der Waals surface area contributed by atoms with Crippen molar-refractivity contribution in [3.63, 3.8) is 0 Å². The van der Waals surface area contributed by atoms with Gasteiger partial charge in [-0.25, -0.2) is 0 Å². The van der Waals surface area contributed by atoms with Crippen molar-refractivity contribution in [2.24, 2.45) is 0 Å². The Morgan fingerprint density at radius 1 is 1.40 bits per heavy atom. The van der Waals surface area contributed by atoms with Gasteiger partial charge in [-0.3, -0.25) is 5.41 Å². The van der Waals surface area contributed by atoms with Crippen molar-refractivity contribution in [1.82, 2.24) is 0 Å². The van der Waals surface area contributed by atoms with Gasteiger partial charge in [-0.05, 0) is 18.2 Å². The van der Waals surface area contributed by atoms with Crippen LogP contribution in [0.2, 0.25) is 0 Å². The summed E-state index contributed by atoms with van der Waals surface area (Å²) < 4.78 is 41.5. The highest BCUT2D eigenvalue weighted by Crippen LogP contribution is 2.36. The van der Waals surface area contributed by atoms with Crippen LogP contribution in [0.15, 0.2) is 18.2 Å². The normalized spacial score (nSPS) is 11.2. The predicted octanol–water partition coefficient (Wildman–Crippen LogP) is 2.38. The lowest BCUT2D eigenvalue weighted by Gasteiger charge is -2.10. The van der Waals surface area contributed by atoms with Crippen LogP contribution in [-0.4, -0.2) is 18.1 Å². The van der Waals surface area contributed by atoms with E-state index in [1.165, 1.54) is 13.2 Å². The first-order valence-corrected chi connectivity index (χ1v) is 3.89. The molecule has 0 radical (unpaired) electrons. The van der Waals surface area contributed by atoms with E-state index in [4.69, 9.17) is 10.5 Å². The topological polar surface area (TPSA) is 53.3 Å². The Balaban J connectivity index is 3.23. The van der Waals surface area contributed by atoms with Gasteiger partial charge in [0.25, 0.3) is 0 Å². The highest BCUT2D eigenvalue weighted by molar-refractivity contribution is 5.91. The summed E-state index contributed by atoms with van der Waals surface area (Å²) in [6, 6.07) is 2.73. The minimum absolute atomic E-state index is 0.0392. The van der Waals surface area contributed by atoms with Gasteiger partial charge in [0.2, 0.25) is 5.90 Å². The Morgan fingerprint density at radius 3 is 2.47 bits per heavy atom. The van der Waals surface area contributed by atoms with Crippen LogP contribution in [0.25, 0.3) is 0 Å². The molecule has 1 rings (SSSR count). The van der Waals surface area contributed by atoms with Crippen LogP contribution in [0, 0.1) is 5.41 Å². The van der Waals surface area contributed by atoms with Crippen LogP contribution < -0.4 is 0 Å². The number of nitrogens with one attached hydrogen (secondary N) is 1. The fraction of sp³-hybridized carbons (Fsp3) is 0.222. The third-order valence-corrected chi connectivity index (χ3v) is 1.77. The van der Waals surface area contributed by atoms with Crippen molar-refractivity contribution in [2.45, 2.75) is 6.18 Å². The number of methoxy groups -OCH3 is 1. The molecule has 0 bridgehead atoms. The lowest BCUT2D eigenvalue weighted by atomic mass is 10.1. The monoisotopic (exact) mass is 219 g/mol. The first kappa shape index (κ1) is 11.4. The Hall–Kier alpha value is -1.72. The number of alkyl halides is 3. The Bertz CT molecular complexity index is 387. The van der Waals surface area contributed by atoms with Crippen LogP contribution in [0.3, 0.4) is 0 Å². The molecule has 3 nitrogen and oxygen atoms in total. The second-order valence-electron chi connectivity index (χ2n) is 2.76. The number of aromatic hydroxyl groups is 1. The molecule has 0 spiro atoms. The van der Waals surface area contributed by atoms with Gasteiger partial charge in [-0.2, -0.15) is 13.2 Å². The number of phenols is 1. The Labute approximate surface area is 83.6 Å². The van der Waals surface area contributed by atoms with Crippen molar-refractivity contribution >= 4 is 5.90 Å². The highest BCUT2D eigenvalue weighted by Gasteiger charge is 2.34. The molecule has 0 saturated carbocycles. The van der Waals surface area contributed by atoms with Gasteiger partial charge in [0.1, 0.15) is 5.75 Å². The van der Waals surface area contributed by atoms with Crippen molar-refractivity contribution in [1.29, 1.82) is 5.41 Å². The van der Waals surface area contributed by atoms with Crippen LogP contribution >= 0.6 is 0 Å². The molecule has 2 N–H and O–H groups in total. The molecule has 0 aromatic heterocycles. The molecular formula is C9H8F3NO2. The number of ether oxygens (including phenoxy) is 1. The average Bonchev–Trinajstić information content (AvgIpc) is 2.15. The summed E-state index contributed by atoms with van der Waals surface area (Å²) in [7, 11) is 1.18. The van der Waals surface area contributed by atoms with Crippen molar-refractivity contribution in [3.8, 4) is 5.75 Å². The maximum absolute atomic E-state index is 12.3. The maximum Gasteiger partial charge on any atom is 0.419 e. The summed E-state index contributed by atoms with van der Waals surface area (Å²) in [4.78, 5) is 0. The van der Waals surface area contributed by atoms with E-state index in [1.807, 2.05) is 0 Å². The Kier molecular flexibility index (Phi) is 2.88. The van der Waals surface area contributed by atoms with E-state index in [0.29, 0.717) is 6.07 Å². The van der Waals surface area contributed by atoms with E-state index in [0.717, 1.165) is 6.07 Å². The van der Waals surface area contributed by atoms with E-state index in [-0.39, 0.29) is 11.5 Å². The molecule has 0 fully saturated rings. The number of halogens is 3. The van der Waals surface area contributed by atoms with Gasteiger partial charge in [-0.15, -0.1) is 0 Å². The summed E-state index contributed by atoms with van der Waals surface area (Å²) in [5, 5.41) is 16.2. The standard InChI is InChI=1S/C9H8F3NO2/c1-15-8(13)5-2-3-7(14)6(4-5)9(10,11)12/h2-4,13-14H,1H3. The SMILES string of the molecule is COC(=N)c1ccc(O)c(C(F)(F)F)c1. The van der Waals surface area contributed by atoms with E-state index in [2.05, 4.69) is 4.74 Å². The number of rotatable bonds is 1. The number of phenolic OH excluding ortho intramolecular Hbond substituents is 1. The zero-order valence-electron chi connectivity index (χ0n) is 7.72. The van der Waals surface area contributed by atoms with Gasteiger partial charge >= 0.3 is 6.18 Å². The lowest BCUT2D eigenvalue weighted by Crippen LogP contribution is -2.08. The maximum atomic E-state index is 12.3. The molecule has 82 valence electrons. The van der Waals surface area contributed by atoms with Crippen molar-refractivity contribution < 1.29 is 23.0 Å². The quantitative estimate of drug-likeness (QED) is 0.562. The van der Waals surface area contributed by atoms with Crippen molar-refractivity contribution in [2.75, 3.05) is 7.11 Å². The van der Waals surface area contributed by atoms with Gasteiger partial charge < -0.3 is 9.84 Å². The first-order valence-electron chi connectivity index (χ1n) is 3.89. The molecule has 1 aromatic rings. The molecule has 1 aromatic carbocycles. The summed E-state index contributed by atoms with van der Waals surface area (Å²) in [5.74, 6) is -1.25. The van der Waals surface area contributed by atoms with Crippen LogP contribution in [0.1, 0.15) is 11.1 Å². The molecule has 0 aliphatic heterocycles. The smallest absolute Gasteiger partial charge is 0.419 e. The molecule has 0 amide bonds. The molecular weight excluding hydrogens is 211 g/mol. The van der Waals surface area contributed by atoms with Crippen LogP contribution in [0.4, 0.5) is 13.2 Å². The third kappa shape index (κ3) is 2.39. The second-order valence-corrected chi connectivity index (χ2v) is 2.76. The van der Waals surface area contributed by atoms with Gasteiger partial charge in [-0.1, -0.05) is 0 Å². The molecule has 0 unspecified atom stereocenters. The number of hydrogen-bond acceptors (Lipinski definition) is 3. The number of hydrogen-bond donors (Lipinski definition) is 2. The van der Waals surface area contributed by atoms with E-state index < -0.39 is 17.5 Å². The molecule has 0 atom stereocenters. The van der Waals surface area contributed by atoms with E-state index in [1.54, 1.807) is 0 Å². The summed E-state index contributed by atoms with van der Waals surface area (Å²) in [5.41, 5.74) is -1.22. The third-order valence-electron chi connectivity index (χ3n) is 1.77. The summed E-state index contributed by atoms with van der Waals surface area (Å²) in [6.07, 6.45) is -4.64. The molecule has 0 saturated heterocycles. The lowest BCUT2D eigenvalue weighted by molar-refractivity contribution is -0.138. The highest BCUT2D eigenvalue weighted by atomic mass is 19.4. The second kappa shape index (κ2) is 3.80. The van der Waals surface area contributed by atoms with Crippen LogP contribution in [0.5, 0.6) is 5.75 Å². The minimum Gasteiger partial charge on any atom is -0.507 e. The predicted molar refractivity (Wildman–Crippen MR) is 46.9 cm³/mol. The minimum atomic E-state index is -4.64. The largest absolute Gasteiger partial charge is 0.507 e. The fourth-order valence-corrected chi connectivity index (χ4v) is 1.02. The fourth-order valence-electron chi connectivity index (χ4n) is 1.02. The number of benzene rings is 1. The van der Waals surface area contributed by atoms with Gasteiger partial charge in [0.05, 0.1) is 12.7 Å². The molecule has 0 aliphatic rings. The molecule has 0 heterocycles.